The van der Waals surface area contributed by atoms with E-state index in [2.05, 4.69) is 0 Å². The standard InChI is InChI=1S/C10H14FNOS/c11-9-3-1-4-10(12)8(9)7-14-6-2-5-13/h1,3-4,13H,2,5-7,12H2. The van der Waals surface area contributed by atoms with E-state index in [4.69, 9.17) is 10.8 Å². The molecule has 0 unspecified atom stereocenters. The van der Waals surface area contributed by atoms with Crippen molar-refractivity contribution in [1.29, 1.82) is 0 Å². The highest BCUT2D eigenvalue weighted by Gasteiger charge is 2.05. The molecular formula is C10H14FNOS. The topological polar surface area (TPSA) is 46.2 Å². The lowest BCUT2D eigenvalue weighted by Gasteiger charge is -2.05. The van der Waals surface area contributed by atoms with Crippen LogP contribution in [0.15, 0.2) is 18.2 Å². The van der Waals surface area contributed by atoms with Gasteiger partial charge >= 0.3 is 0 Å². The fraction of sp³-hybridized carbons (Fsp3) is 0.400. The number of benzene rings is 1. The molecule has 0 bridgehead atoms. The number of hydrogen-bond donors (Lipinski definition) is 2. The summed E-state index contributed by atoms with van der Waals surface area (Å²) in [7, 11) is 0. The third-order valence-electron chi connectivity index (χ3n) is 1.85. The lowest BCUT2D eigenvalue weighted by Crippen LogP contribution is -1.97. The molecule has 0 fully saturated rings. The normalized spacial score (nSPS) is 10.4. The van der Waals surface area contributed by atoms with Crippen LogP contribution in [-0.2, 0) is 5.75 Å². The summed E-state index contributed by atoms with van der Waals surface area (Å²) in [4.78, 5) is 0. The first-order valence-electron chi connectivity index (χ1n) is 4.47. The molecule has 14 heavy (non-hydrogen) atoms. The first kappa shape index (κ1) is 11.3. The van der Waals surface area contributed by atoms with Crippen LogP contribution < -0.4 is 5.73 Å². The van der Waals surface area contributed by atoms with Crippen LogP contribution in [0.4, 0.5) is 10.1 Å². The van der Waals surface area contributed by atoms with Crippen molar-refractivity contribution < 1.29 is 9.50 Å². The van der Waals surface area contributed by atoms with Crippen molar-refractivity contribution in [3.63, 3.8) is 0 Å². The minimum Gasteiger partial charge on any atom is -0.398 e. The van der Waals surface area contributed by atoms with E-state index < -0.39 is 0 Å². The van der Waals surface area contributed by atoms with E-state index >= 15 is 0 Å². The zero-order valence-corrected chi connectivity index (χ0v) is 8.69. The van der Waals surface area contributed by atoms with Crippen LogP contribution in [-0.4, -0.2) is 17.5 Å². The molecular weight excluding hydrogens is 201 g/mol. The number of aliphatic hydroxyl groups is 1. The maximum absolute atomic E-state index is 13.2. The molecule has 0 aromatic heterocycles. The fourth-order valence-electron chi connectivity index (χ4n) is 1.07. The number of anilines is 1. The van der Waals surface area contributed by atoms with Gasteiger partial charge in [-0.1, -0.05) is 6.07 Å². The Labute approximate surface area is 87.3 Å². The molecule has 0 radical (unpaired) electrons. The highest BCUT2D eigenvalue weighted by atomic mass is 32.2. The van der Waals surface area contributed by atoms with E-state index in [9.17, 15) is 4.39 Å². The summed E-state index contributed by atoms with van der Waals surface area (Å²) < 4.78 is 13.2. The van der Waals surface area contributed by atoms with Crippen molar-refractivity contribution in [3.05, 3.63) is 29.6 Å². The zero-order chi connectivity index (χ0) is 10.4. The molecule has 4 heteroatoms. The number of hydrogen-bond acceptors (Lipinski definition) is 3. The minimum atomic E-state index is -0.249. The number of rotatable bonds is 5. The molecule has 0 saturated heterocycles. The van der Waals surface area contributed by atoms with Crippen molar-refractivity contribution in [3.8, 4) is 0 Å². The average Bonchev–Trinajstić information content (AvgIpc) is 2.16. The van der Waals surface area contributed by atoms with Gasteiger partial charge in [0.25, 0.3) is 0 Å². The average molecular weight is 215 g/mol. The van der Waals surface area contributed by atoms with Gasteiger partial charge in [0.2, 0.25) is 0 Å². The van der Waals surface area contributed by atoms with Gasteiger partial charge in [0.15, 0.2) is 0 Å². The van der Waals surface area contributed by atoms with Crippen LogP contribution >= 0.6 is 11.8 Å². The SMILES string of the molecule is Nc1cccc(F)c1CSCCCO. The highest BCUT2D eigenvalue weighted by Crippen LogP contribution is 2.21. The fourth-order valence-corrected chi connectivity index (χ4v) is 2.05. The Hall–Kier alpha value is -0.740. The van der Waals surface area contributed by atoms with E-state index in [1.807, 2.05) is 0 Å². The number of halogens is 1. The molecule has 2 nitrogen and oxygen atoms in total. The van der Waals surface area contributed by atoms with Crippen LogP contribution in [0.2, 0.25) is 0 Å². The Bertz CT molecular complexity index is 273. The number of nitrogen functional groups attached to an aromatic ring is 1. The lowest BCUT2D eigenvalue weighted by molar-refractivity contribution is 0.296. The van der Waals surface area contributed by atoms with Gasteiger partial charge < -0.3 is 10.8 Å². The minimum absolute atomic E-state index is 0.180. The molecule has 0 heterocycles. The maximum Gasteiger partial charge on any atom is 0.129 e. The summed E-state index contributed by atoms with van der Waals surface area (Å²) in [6, 6.07) is 4.72. The zero-order valence-electron chi connectivity index (χ0n) is 7.87. The third kappa shape index (κ3) is 3.20. The van der Waals surface area contributed by atoms with Gasteiger partial charge in [0.1, 0.15) is 5.82 Å². The molecule has 3 N–H and O–H groups in total. The molecule has 1 aromatic rings. The summed E-state index contributed by atoms with van der Waals surface area (Å²) in [5, 5.41) is 8.56. The molecule has 0 spiro atoms. The Morgan fingerprint density at radius 2 is 2.21 bits per heavy atom. The second kappa shape index (κ2) is 5.88. The van der Waals surface area contributed by atoms with Gasteiger partial charge in [-0.15, -0.1) is 0 Å². The van der Waals surface area contributed by atoms with Gasteiger partial charge in [-0.3, -0.25) is 0 Å². The van der Waals surface area contributed by atoms with E-state index in [1.165, 1.54) is 6.07 Å². The van der Waals surface area contributed by atoms with E-state index in [0.29, 0.717) is 17.0 Å². The van der Waals surface area contributed by atoms with Gasteiger partial charge in [-0.25, -0.2) is 4.39 Å². The molecule has 0 atom stereocenters. The Morgan fingerprint density at radius 1 is 1.43 bits per heavy atom. The number of aliphatic hydroxyl groups excluding tert-OH is 1. The summed E-state index contributed by atoms with van der Waals surface area (Å²) >= 11 is 1.58. The van der Waals surface area contributed by atoms with Gasteiger partial charge in [0, 0.05) is 23.6 Å². The first-order chi connectivity index (χ1) is 6.75. The monoisotopic (exact) mass is 215 g/mol. The lowest BCUT2D eigenvalue weighted by atomic mass is 10.2. The van der Waals surface area contributed by atoms with Gasteiger partial charge in [-0.2, -0.15) is 11.8 Å². The Morgan fingerprint density at radius 3 is 2.86 bits per heavy atom. The molecule has 1 rings (SSSR count). The predicted molar refractivity (Wildman–Crippen MR) is 58.7 cm³/mol. The summed E-state index contributed by atoms with van der Waals surface area (Å²) in [6.07, 6.45) is 0.735. The molecule has 78 valence electrons. The number of thioether (sulfide) groups is 1. The second-order valence-electron chi connectivity index (χ2n) is 2.94. The number of nitrogens with two attached hydrogens (primary N) is 1. The van der Waals surface area contributed by atoms with Crippen LogP contribution in [0.3, 0.4) is 0 Å². The Kier molecular flexibility index (Phi) is 4.76. The molecule has 0 aliphatic heterocycles. The van der Waals surface area contributed by atoms with E-state index in [-0.39, 0.29) is 12.4 Å². The van der Waals surface area contributed by atoms with Crippen molar-refractivity contribution in [1.82, 2.24) is 0 Å². The molecule has 0 aliphatic carbocycles. The van der Waals surface area contributed by atoms with Crippen LogP contribution in [0.5, 0.6) is 0 Å². The van der Waals surface area contributed by atoms with Gasteiger partial charge in [-0.05, 0) is 24.3 Å². The molecule has 0 amide bonds. The van der Waals surface area contributed by atoms with Crippen LogP contribution in [0, 0.1) is 5.82 Å². The van der Waals surface area contributed by atoms with Crippen LogP contribution in [0.1, 0.15) is 12.0 Å². The van der Waals surface area contributed by atoms with Crippen molar-refractivity contribution in [2.24, 2.45) is 0 Å². The van der Waals surface area contributed by atoms with Crippen molar-refractivity contribution in [2.45, 2.75) is 12.2 Å². The maximum atomic E-state index is 13.2. The summed E-state index contributed by atoms with van der Waals surface area (Å²) in [5.41, 5.74) is 6.70. The van der Waals surface area contributed by atoms with E-state index in [0.717, 1.165) is 12.2 Å². The second-order valence-corrected chi connectivity index (χ2v) is 4.04. The quantitative estimate of drug-likeness (QED) is 0.583. The molecule has 0 aliphatic rings. The van der Waals surface area contributed by atoms with Crippen molar-refractivity contribution in [2.75, 3.05) is 18.1 Å². The Balaban J connectivity index is 2.49. The first-order valence-corrected chi connectivity index (χ1v) is 5.62. The van der Waals surface area contributed by atoms with Crippen molar-refractivity contribution >= 4 is 17.4 Å². The predicted octanol–water partition coefficient (Wildman–Crippen LogP) is 2.02. The molecule has 0 saturated carbocycles. The summed E-state index contributed by atoms with van der Waals surface area (Å²) in [5.74, 6) is 1.14. The third-order valence-corrected chi connectivity index (χ3v) is 2.92. The van der Waals surface area contributed by atoms with Gasteiger partial charge in [0.05, 0.1) is 0 Å². The molecule has 1 aromatic carbocycles. The largest absolute Gasteiger partial charge is 0.398 e. The van der Waals surface area contributed by atoms with Crippen LogP contribution in [0.25, 0.3) is 0 Å². The smallest absolute Gasteiger partial charge is 0.129 e. The summed E-state index contributed by atoms with van der Waals surface area (Å²) in [6.45, 7) is 0.180. The highest BCUT2D eigenvalue weighted by molar-refractivity contribution is 7.98. The van der Waals surface area contributed by atoms with E-state index in [1.54, 1.807) is 23.9 Å².